The average molecular weight is 342 g/mol. The van der Waals surface area contributed by atoms with Crippen LogP contribution < -0.4 is 5.32 Å². The molecule has 3 atom stereocenters. The lowest BCUT2D eigenvalue weighted by Gasteiger charge is -2.40. The molecule has 0 heterocycles. The summed E-state index contributed by atoms with van der Waals surface area (Å²) in [5.41, 5.74) is 0.955. The molecule has 1 aromatic rings. The van der Waals surface area contributed by atoms with E-state index >= 15 is 0 Å². The van der Waals surface area contributed by atoms with Gasteiger partial charge in [-0.1, -0.05) is 63.4 Å². The zero-order valence-electron chi connectivity index (χ0n) is 16.0. The molecule has 0 radical (unpaired) electrons. The van der Waals surface area contributed by atoms with Crippen LogP contribution in [0, 0.1) is 11.8 Å². The lowest BCUT2D eigenvalue weighted by molar-refractivity contribution is -0.113. The van der Waals surface area contributed by atoms with Gasteiger partial charge in [0.25, 0.3) is 0 Å². The summed E-state index contributed by atoms with van der Waals surface area (Å²) in [7, 11) is 0. The van der Waals surface area contributed by atoms with Gasteiger partial charge < -0.3 is 10.1 Å². The summed E-state index contributed by atoms with van der Waals surface area (Å²) in [4.78, 5) is 12.0. The third-order valence-corrected chi connectivity index (χ3v) is 7.01. The van der Waals surface area contributed by atoms with Gasteiger partial charge in [-0.05, 0) is 55.9 Å². The zero-order chi connectivity index (χ0) is 17.7. The van der Waals surface area contributed by atoms with Gasteiger partial charge >= 0.3 is 0 Å². The minimum atomic E-state index is -0.251. The maximum atomic E-state index is 12.0. The number of benzene rings is 1. The van der Waals surface area contributed by atoms with Gasteiger partial charge in [-0.15, -0.1) is 0 Å². The Kier molecular flexibility index (Phi) is 6.33. The molecule has 138 valence electrons. The van der Waals surface area contributed by atoms with E-state index in [1.54, 1.807) is 0 Å². The van der Waals surface area contributed by atoms with Gasteiger partial charge in [0, 0.05) is 12.1 Å². The molecule has 2 heteroatoms. The topological polar surface area (TPSA) is 29.1 Å². The molecule has 2 aliphatic rings. The average Bonchev–Trinajstić information content (AvgIpc) is 2.85. The molecule has 2 saturated carbocycles. The van der Waals surface area contributed by atoms with E-state index in [0.717, 1.165) is 37.5 Å². The van der Waals surface area contributed by atoms with E-state index in [1.807, 2.05) is 6.07 Å². The summed E-state index contributed by atoms with van der Waals surface area (Å²) in [5, 5.41) is 4.05. The second-order valence-corrected chi connectivity index (χ2v) is 8.54. The Morgan fingerprint density at radius 3 is 2.40 bits per heavy atom. The smallest absolute Gasteiger partial charge is 0.130 e. The fraction of sp³-hybridized carbons (Fsp3) is 0.696. The van der Waals surface area contributed by atoms with E-state index in [0.29, 0.717) is 12.1 Å². The molecule has 3 unspecified atom stereocenters. The van der Waals surface area contributed by atoms with Crippen molar-refractivity contribution in [1.29, 1.82) is 0 Å². The summed E-state index contributed by atoms with van der Waals surface area (Å²) in [6.45, 7) is 4.79. The van der Waals surface area contributed by atoms with Crippen LogP contribution in [0.1, 0.15) is 77.2 Å². The van der Waals surface area contributed by atoms with Crippen LogP contribution in [0.5, 0.6) is 0 Å². The van der Waals surface area contributed by atoms with Gasteiger partial charge in [-0.2, -0.15) is 0 Å². The Morgan fingerprint density at radius 2 is 1.76 bits per heavy atom. The van der Waals surface area contributed by atoms with Crippen molar-refractivity contribution in [2.75, 3.05) is 0 Å². The highest BCUT2D eigenvalue weighted by Gasteiger charge is 2.38. The second-order valence-electron chi connectivity index (χ2n) is 8.54. The van der Waals surface area contributed by atoms with Crippen molar-refractivity contribution in [1.82, 2.24) is 5.32 Å². The molecule has 3 rings (SSSR count). The van der Waals surface area contributed by atoms with Crippen LogP contribution in [0.15, 0.2) is 30.3 Å². The van der Waals surface area contributed by atoms with Crippen LogP contribution in [0.2, 0.25) is 0 Å². The number of hydrogen-bond acceptors (Lipinski definition) is 2. The standard InChI is InChI=1S/C23H35NO/c1-3-19-10-8-7-9-18(2)22(19)24-21-13-15-23(17-25,16-14-21)20-11-5-4-6-12-20/h4-6,11-12,17-19,21-22,24H,3,7-10,13-16H2,1-2H3. The van der Waals surface area contributed by atoms with Crippen molar-refractivity contribution in [3.8, 4) is 0 Å². The van der Waals surface area contributed by atoms with Crippen molar-refractivity contribution >= 4 is 6.29 Å². The van der Waals surface area contributed by atoms with Crippen LogP contribution in [0.4, 0.5) is 0 Å². The summed E-state index contributed by atoms with van der Waals surface area (Å²) in [6, 6.07) is 11.7. The first kappa shape index (κ1) is 18.6. The summed E-state index contributed by atoms with van der Waals surface area (Å²) >= 11 is 0. The van der Waals surface area contributed by atoms with Gasteiger partial charge in [0.05, 0.1) is 5.41 Å². The molecule has 2 nitrogen and oxygen atoms in total. The molecule has 0 amide bonds. The largest absolute Gasteiger partial charge is 0.311 e. The maximum absolute atomic E-state index is 12.0. The fourth-order valence-corrected chi connectivity index (χ4v) is 5.27. The Hall–Kier alpha value is -1.15. The van der Waals surface area contributed by atoms with Crippen molar-refractivity contribution < 1.29 is 4.79 Å². The van der Waals surface area contributed by atoms with E-state index in [9.17, 15) is 4.79 Å². The SMILES string of the molecule is CCC1CCCCC(C)C1NC1CCC(C=O)(c2ccccc2)CC1. The molecule has 1 aromatic carbocycles. The molecule has 2 aliphatic carbocycles. The van der Waals surface area contributed by atoms with Crippen LogP contribution in [0.3, 0.4) is 0 Å². The number of carbonyl (C=O) groups is 1. The molecular weight excluding hydrogens is 306 g/mol. The Balaban J connectivity index is 1.64. The number of hydrogen-bond donors (Lipinski definition) is 1. The van der Waals surface area contributed by atoms with Crippen LogP contribution in [0.25, 0.3) is 0 Å². The molecule has 0 spiro atoms. The molecule has 0 aromatic heterocycles. The molecular formula is C23H35NO. The summed E-state index contributed by atoms with van der Waals surface area (Å²) in [5.74, 6) is 1.60. The Morgan fingerprint density at radius 1 is 1.08 bits per heavy atom. The predicted molar refractivity (Wildman–Crippen MR) is 105 cm³/mol. The van der Waals surface area contributed by atoms with Gasteiger partial charge in [0.1, 0.15) is 6.29 Å². The van der Waals surface area contributed by atoms with Crippen LogP contribution >= 0.6 is 0 Å². The molecule has 25 heavy (non-hydrogen) atoms. The maximum Gasteiger partial charge on any atom is 0.130 e. The van der Waals surface area contributed by atoms with Gasteiger partial charge in [0.15, 0.2) is 0 Å². The van der Waals surface area contributed by atoms with Crippen molar-refractivity contribution in [2.24, 2.45) is 11.8 Å². The van der Waals surface area contributed by atoms with Crippen molar-refractivity contribution in [3.05, 3.63) is 35.9 Å². The molecule has 0 aliphatic heterocycles. The van der Waals surface area contributed by atoms with Gasteiger partial charge in [0.2, 0.25) is 0 Å². The summed E-state index contributed by atoms with van der Waals surface area (Å²) < 4.78 is 0. The van der Waals surface area contributed by atoms with Gasteiger partial charge in [-0.25, -0.2) is 0 Å². The first-order valence-electron chi connectivity index (χ1n) is 10.5. The van der Waals surface area contributed by atoms with Crippen molar-refractivity contribution in [2.45, 2.75) is 89.1 Å². The van der Waals surface area contributed by atoms with E-state index in [4.69, 9.17) is 0 Å². The van der Waals surface area contributed by atoms with Crippen LogP contribution in [-0.4, -0.2) is 18.4 Å². The first-order chi connectivity index (χ1) is 12.2. The quantitative estimate of drug-likeness (QED) is 0.584. The van der Waals surface area contributed by atoms with E-state index in [-0.39, 0.29) is 5.41 Å². The monoisotopic (exact) mass is 341 g/mol. The highest BCUT2D eigenvalue weighted by atomic mass is 16.1. The lowest BCUT2D eigenvalue weighted by Crippen LogP contribution is -2.49. The fourth-order valence-electron chi connectivity index (χ4n) is 5.27. The molecule has 1 N–H and O–H groups in total. The zero-order valence-corrected chi connectivity index (χ0v) is 16.0. The lowest BCUT2D eigenvalue weighted by atomic mass is 9.69. The second kappa shape index (κ2) is 8.49. The predicted octanol–water partition coefficient (Wildman–Crippen LogP) is 5.26. The first-order valence-corrected chi connectivity index (χ1v) is 10.5. The minimum absolute atomic E-state index is 0.251. The third kappa shape index (κ3) is 4.16. The van der Waals surface area contributed by atoms with E-state index in [1.165, 1.54) is 44.0 Å². The third-order valence-electron chi connectivity index (χ3n) is 7.01. The summed E-state index contributed by atoms with van der Waals surface area (Å²) in [6.07, 6.45) is 12.2. The van der Waals surface area contributed by atoms with Crippen LogP contribution in [-0.2, 0) is 10.2 Å². The highest BCUT2D eigenvalue weighted by Crippen LogP contribution is 2.39. The highest BCUT2D eigenvalue weighted by molar-refractivity contribution is 5.68. The Bertz CT molecular complexity index is 532. The number of rotatable bonds is 5. The molecule has 0 saturated heterocycles. The number of nitrogens with one attached hydrogen (secondary N) is 1. The van der Waals surface area contributed by atoms with E-state index < -0.39 is 0 Å². The number of carbonyl (C=O) groups excluding carboxylic acids is 1. The number of aldehydes is 1. The normalized spacial score (nSPS) is 36.6. The molecule has 2 fully saturated rings. The minimum Gasteiger partial charge on any atom is -0.311 e. The van der Waals surface area contributed by atoms with E-state index in [2.05, 4.69) is 43.4 Å². The Labute approximate surface area is 153 Å². The van der Waals surface area contributed by atoms with Crippen molar-refractivity contribution in [3.63, 3.8) is 0 Å². The van der Waals surface area contributed by atoms with Gasteiger partial charge in [-0.3, -0.25) is 0 Å². The molecule has 0 bridgehead atoms.